The minimum atomic E-state index is -0.947. The number of phenolic OH excluding ortho intramolecular Hbond substituents is 1. The molecule has 398 valence electrons. The Morgan fingerprint density at radius 3 is 1.71 bits per heavy atom. The number of hydrogen-bond acceptors (Lipinski definition) is 14. The third kappa shape index (κ3) is 19.7. The number of nitrogens with two attached hydrogens (primary N) is 5. The number of nitrogens with one attached hydrogen (secondary N) is 5. The number of rotatable bonds is 33. The summed E-state index contributed by atoms with van der Waals surface area (Å²) >= 11 is 0. The lowest BCUT2D eigenvalue weighted by Crippen LogP contribution is -2.49. The maximum absolute atomic E-state index is 14.7. The number of fused-ring (bicyclic) bond motifs is 2. The van der Waals surface area contributed by atoms with Gasteiger partial charge in [-0.25, -0.2) is 0 Å². The number of nitrogens with zero attached hydrogens (tertiary/aromatic N) is 2. The second-order valence-corrected chi connectivity index (χ2v) is 17.7. The number of aliphatic imine (C=N–C) groups is 2. The van der Waals surface area contributed by atoms with Crippen LogP contribution in [0, 0.1) is 0 Å². The Hall–Kier alpha value is -6.91. The molecule has 0 bridgehead atoms. The van der Waals surface area contributed by atoms with E-state index in [2.05, 4.69) is 36.6 Å². The number of hydrogen-bond donors (Lipinski definition) is 12. The van der Waals surface area contributed by atoms with E-state index in [-0.39, 0.29) is 95.3 Å². The van der Waals surface area contributed by atoms with Crippen molar-refractivity contribution in [2.45, 2.75) is 118 Å². The van der Waals surface area contributed by atoms with Crippen molar-refractivity contribution in [3.05, 3.63) is 62.3 Å². The first-order valence-electron chi connectivity index (χ1n) is 24.5. The molecule has 2 unspecified atom stereocenters. The largest absolute Gasteiger partial charge is 0.507 e. The number of benzene rings is 2. The number of carbonyl (C=O) groups excluding carboxylic acids is 4. The standard InChI is InChI=1S/C50H78N12O10/c1-6-19-56-23-24-58-48(69)36(13-11-22-60-50(54)55)62-41(64)28-70-37-25-40-44(45(66)33(37)17-15-31(4)5)46(67)43-32(16-14-30(2)3)34(27-63)38(26-39(43)72-40)71-29-42(65)61-35(12-10-21-59-49(52)53)47(68)57-20-9-7-8-18-51/h14-15,25-26,35-36,56,63,66H,6-13,16-24,27-29,51H2,1-5H3,(H,57,68)(H,58,69)(H,61,65)(H,62,64)(H4,52,53,59)(H4,54,55,60). The Bertz CT molecular complexity index is 2470. The number of phenols is 1. The van der Waals surface area contributed by atoms with E-state index < -0.39 is 66.7 Å². The number of allylic oxidation sites excluding steroid dienone is 4. The van der Waals surface area contributed by atoms with Crippen LogP contribution in [0.15, 0.2) is 54.6 Å². The monoisotopic (exact) mass is 1010 g/mol. The van der Waals surface area contributed by atoms with Crippen LogP contribution in [0.5, 0.6) is 17.2 Å². The summed E-state index contributed by atoms with van der Waals surface area (Å²) in [6, 6.07) is 0.888. The van der Waals surface area contributed by atoms with E-state index in [9.17, 15) is 34.2 Å². The van der Waals surface area contributed by atoms with Gasteiger partial charge in [0.05, 0.1) is 12.0 Å². The zero-order valence-corrected chi connectivity index (χ0v) is 42.5. The molecule has 0 aliphatic rings. The number of guanidine groups is 2. The lowest BCUT2D eigenvalue weighted by Gasteiger charge is -2.20. The van der Waals surface area contributed by atoms with Crippen LogP contribution in [-0.2, 0) is 38.6 Å². The molecule has 72 heavy (non-hydrogen) atoms. The maximum atomic E-state index is 14.7. The Kier molecular flexibility index (Phi) is 25.9. The number of aliphatic hydroxyl groups excluding tert-OH is 1. The Morgan fingerprint density at radius 1 is 0.694 bits per heavy atom. The molecule has 17 N–H and O–H groups in total. The van der Waals surface area contributed by atoms with Crippen molar-refractivity contribution in [3.63, 3.8) is 0 Å². The van der Waals surface area contributed by atoms with Crippen LogP contribution in [0.4, 0.5) is 0 Å². The fraction of sp³-hybridized carbons (Fsp3) is 0.540. The zero-order valence-electron chi connectivity index (χ0n) is 42.5. The predicted octanol–water partition coefficient (Wildman–Crippen LogP) is 1.36. The smallest absolute Gasteiger partial charge is 0.258 e. The molecular formula is C50H78N12O10. The highest BCUT2D eigenvalue weighted by Crippen LogP contribution is 2.39. The first-order chi connectivity index (χ1) is 34.4. The van der Waals surface area contributed by atoms with Crippen molar-refractivity contribution < 1.29 is 43.3 Å². The SMILES string of the molecule is CCCNCCNC(=O)C(CCCN=C(N)N)NC(=O)COc1cc2oc3cc(OCC(=O)NC(CCCN=C(N)N)C(=O)NCCCCCN)c(CO)c(CC=C(C)C)c3c(=O)c2c(O)c1CC=C(C)C. The van der Waals surface area contributed by atoms with Crippen LogP contribution in [0.25, 0.3) is 21.9 Å². The highest BCUT2D eigenvalue weighted by molar-refractivity contribution is 5.98. The van der Waals surface area contributed by atoms with Crippen molar-refractivity contribution in [1.82, 2.24) is 26.6 Å². The summed E-state index contributed by atoms with van der Waals surface area (Å²) in [4.78, 5) is 76.1. The topological polar surface area (TPSA) is 372 Å². The molecule has 3 aromatic rings. The Balaban J connectivity index is 2.06. The molecule has 22 heteroatoms. The van der Waals surface area contributed by atoms with Crippen LogP contribution >= 0.6 is 0 Å². The molecule has 0 aliphatic heterocycles. The first kappa shape index (κ1) is 59.4. The van der Waals surface area contributed by atoms with Crippen LogP contribution in [0.2, 0.25) is 0 Å². The number of aliphatic hydroxyl groups is 1. The minimum absolute atomic E-state index is 0.00324. The zero-order chi connectivity index (χ0) is 53.2. The summed E-state index contributed by atoms with van der Waals surface area (Å²) < 4.78 is 18.5. The van der Waals surface area contributed by atoms with Crippen LogP contribution in [0.3, 0.4) is 0 Å². The number of unbranched alkanes of at least 4 members (excludes halogenated alkanes) is 2. The van der Waals surface area contributed by atoms with E-state index in [1.54, 1.807) is 0 Å². The normalized spacial score (nSPS) is 11.8. The van der Waals surface area contributed by atoms with Crippen molar-refractivity contribution in [1.29, 1.82) is 0 Å². The van der Waals surface area contributed by atoms with Crippen molar-refractivity contribution in [2.24, 2.45) is 38.7 Å². The summed E-state index contributed by atoms with van der Waals surface area (Å²) in [6.45, 7) is 10.8. The van der Waals surface area contributed by atoms with E-state index >= 15 is 0 Å². The quantitative estimate of drug-likeness (QED) is 0.0135. The highest BCUT2D eigenvalue weighted by Gasteiger charge is 2.27. The molecule has 0 radical (unpaired) electrons. The Labute approximate surface area is 421 Å². The second kappa shape index (κ2) is 31.4. The molecule has 0 aliphatic carbocycles. The van der Waals surface area contributed by atoms with E-state index in [4.69, 9.17) is 42.6 Å². The van der Waals surface area contributed by atoms with Crippen LogP contribution in [0.1, 0.15) is 103 Å². The molecule has 2 aromatic carbocycles. The third-order valence-corrected chi connectivity index (χ3v) is 11.2. The molecule has 0 spiro atoms. The van der Waals surface area contributed by atoms with E-state index in [0.717, 1.165) is 37.0 Å². The van der Waals surface area contributed by atoms with Gasteiger partial charge in [0.2, 0.25) is 17.2 Å². The van der Waals surface area contributed by atoms with E-state index in [1.165, 1.54) is 12.1 Å². The average Bonchev–Trinajstić information content (AvgIpc) is 3.32. The molecule has 1 aromatic heterocycles. The van der Waals surface area contributed by atoms with Crippen LogP contribution < -0.4 is 70.2 Å². The second-order valence-electron chi connectivity index (χ2n) is 17.7. The molecule has 0 saturated heterocycles. The van der Waals surface area contributed by atoms with Gasteiger partial charge in [0, 0.05) is 56.0 Å². The van der Waals surface area contributed by atoms with E-state index in [1.807, 2.05) is 46.8 Å². The van der Waals surface area contributed by atoms with Gasteiger partial charge in [0.1, 0.15) is 45.9 Å². The summed E-state index contributed by atoms with van der Waals surface area (Å²) in [5.41, 5.74) is 29.3. The average molecular weight is 1010 g/mol. The molecule has 3 rings (SSSR count). The van der Waals surface area contributed by atoms with Crippen molar-refractivity contribution in [3.8, 4) is 17.2 Å². The molecule has 22 nitrogen and oxygen atoms in total. The molecule has 1 heterocycles. The number of ether oxygens (including phenoxy) is 2. The van der Waals surface area contributed by atoms with Gasteiger partial charge in [0.25, 0.3) is 11.8 Å². The minimum Gasteiger partial charge on any atom is -0.507 e. The van der Waals surface area contributed by atoms with Gasteiger partial charge in [-0.1, -0.05) is 36.6 Å². The fourth-order valence-electron chi connectivity index (χ4n) is 7.51. The lowest BCUT2D eigenvalue weighted by atomic mass is 9.95. The fourth-order valence-corrected chi connectivity index (χ4v) is 7.51. The van der Waals surface area contributed by atoms with Crippen molar-refractivity contribution >= 4 is 57.5 Å². The summed E-state index contributed by atoms with van der Waals surface area (Å²) in [6.07, 6.45) is 8.40. The first-order valence-corrected chi connectivity index (χ1v) is 24.5. The van der Waals surface area contributed by atoms with Gasteiger partial charge in [0.15, 0.2) is 25.1 Å². The van der Waals surface area contributed by atoms with Gasteiger partial charge in [-0.3, -0.25) is 34.0 Å². The third-order valence-electron chi connectivity index (χ3n) is 11.2. The number of carbonyl (C=O) groups is 4. The molecule has 2 atom stereocenters. The molecule has 4 amide bonds. The molecular weight excluding hydrogens is 929 g/mol. The van der Waals surface area contributed by atoms with Gasteiger partial charge in [-0.15, -0.1) is 0 Å². The molecule has 0 fully saturated rings. The summed E-state index contributed by atoms with van der Waals surface area (Å²) in [5.74, 6) is -2.66. The van der Waals surface area contributed by atoms with Gasteiger partial charge in [-0.2, -0.15) is 0 Å². The van der Waals surface area contributed by atoms with Gasteiger partial charge in [-0.05, 0) is 104 Å². The number of aromatic hydroxyl groups is 1. The van der Waals surface area contributed by atoms with Gasteiger partial charge >= 0.3 is 0 Å². The Morgan fingerprint density at radius 2 is 1.21 bits per heavy atom. The van der Waals surface area contributed by atoms with Crippen molar-refractivity contribution in [2.75, 3.05) is 59.0 Å². The maximum Gasteiger partial charge on any atom is 0.258 e. The van der Waals surface area contributed by atoms with E-state index in [0.29, 0.717) is 51.0 Å². The lowest BCUT2D eigenvalue weighted by molar-refractivity contribution is -0.130. The molecule has 0 saturated carbocycles. The summed E-state index contributed by atoms with van der Waals surface area (Å²) in [5, 5.41) is 37.0. The predicted molar refractivity (Wildman–Crippen MR) is 281 cm³/mol. The van der Waals surface area contributed by atoms with Crippen LogP contribution in [-0.4, -0.2) is 117 Å². The van der Waals surface area contributed by atoms with Gasteiger partial charge < -0.3 is 79.4 Å². The summed E-state index contributed by atoms with van der Waals surface area (Å²) in [7, 11) is 0. The number of amides is 4. The highest BCUT2D eigenvalue weighted by atomic mass is 16.5.